The number of hydrogen-bond donors (Lipinski definition) is 19. The molecule has 0 saturated heterocycles. The van der Waals surface area contributed by atoms with Gasteiger partial charge in [-0.1, -0.05) is 75.7 Å². The fraction of sp³-hybridized carbons (Fsp3) is 0.745. The Hall–Kier alpha value is -5.73. The number of aliphatic imine (C=N–C) groups is 1. The van der Waals surface area contributed by atoms with E-state index in [0.717, 1.165) is 0 Å². The van der Waals surface area contributed by atoms with Crippen LogP contribution in [0.25, 0.3) is 0 Å². The number of aliphatic carboxylic acids is 1. The van der Waals surface area contributed by atoms with Crippen molar-refractivity contribution in [2.24, 2.45) is 51.8 Å². The maximum atomic E-state index is 13.7. The van der Waals surface area contributed by atoms with Crippen molar-refractivity contribution in [2.75, 3.05) is 42.6 Å². The van der Waals surface area contributed by atoms with Crippen LogP contribution in [0.5, 0.6) is 0 Å². The predicted octanol–water partition coefficient (Wildman–Crippen LogP) is -3.39. The second-order valence-corrected chi connectivity index (χ2v) is 23.1. The molecule has 0 aliphatic heterocycles. The fourth-order valence-electron chi connectivity index (χ4n) is 7.69. The number of amides is 11. The molecule has 0 bridgehead atoms. The highest BCUT2D eigenvalue weighted by Gasteiger charge is 2.35. The number of carbonyl (C=O) groups excluding carboxylic acids is 11. The maximum absolute atomic E-state index is 13.7. The number of carbonyl (C=O) groups is 12. The first kappa shape index (κ1) is 77.3. The summed E-state index contributed by atoms with van der Waals surface area (Å²) in [6.45, 7) is 16.3. The number of nitrogens with one attached hydrogen (secondary N) is 11. The zero-order valence-corrected chi connectivity index (χ0v) is 52.7. The summed E-state index contributed by atoms with van der Waals surface area (Å²) >= 11 is 16.7. The molecule has 0 aliphatic carbocycles. The van der Waals surface area contributed by atoms with E-state index >= 15 is 0 Å². The molecule has 0 aromatic carbocycles. The van der Waals surface area contributed by atoms with E-state index in [-0.39, 0.29) is 91.3 Å². The van der Waals surface area contributed by atoms with E-state index in [1.165, 1.54) is 0 Å². The molecular weight excluding hydrogens is 1160 g/mol. The quantitative estimate of drug-likeness (QED) is 0.0123. The van der Waals surface area contributed by atoms with E-state index in [1.807, 2.05) is 13.8 Å². The molecule has 32 heteroatoms. The lowest BCUT2D eigenvalue weighted by atomic mass is 9.97. The van der Waals surface area contributed by atoms with Crippen LogP contribution in [0, 0.1) is 29.6 Å². The van der Waals surface area contributed by atoms with Gasteiger partial charge in [-0.3, -0.25) is 57.7 Å². The molecule has 11 atom stereocenters. The van der Waals surface area contributed by atoms with Crippen LogP contribution in [0.4, 0.5) is 0 Å². The van der Waals surface area contributed by atoms with Crippen LogP contribution in [0.15, 0.2) is 4.99 Å². The van der Waals surface area contributed by atoms with Crippen molar-refractivity contribution in [2.45, 2.75) is 168 Å². The number of nitrogens with zero attached hydrogens (tertiary/aromatic N) is 1. The molecule has 0 spiro atoms. The highest BCUT2D eigenvalue weighted by Crippen LogP contribution is 2.13. The summed E-state index contributed by atoms with van der Waals surface area (Å²) in [5, 5.41) is 37.4. The van der Waals surface area contributed by atoms with Crippen LogP contribution >= 0.6 is 50.5 Å². The van der Waals surface area contributed by atoms with E-state index in [1.54, 1.807) is 55.4 Å². The maximum Gasteiger partial charge on any atom is 0.326 e. The van der Waals surface area contributed by atoms with Crippen LogP contribution in [-0.2, 0) is 57.5 Å². The van der Waals surface area contributed by atoms with Crippen LogP contribution in [-0.4, -0.2) is 185 Å². The fourth-order valence-corrected chi connectivity index (χ4v) is 8.63. The van der Waals surface area contributed by atoms with Crippen LogP contribution < -0.4 is 75.7 Å². The monoisotopic (exact) mass is 1250 g/mol. The Morgan fingerprint density at radius 1 is 0.446 bits per heavy atom. The molecule has 0 heterocycles. The van der Waals surface area contributed by atoms with E-state index in [4.69, 9.17) is 17.2 Å². The van der Waals surface area contributed by atoms with Gasteiger partial charge in [-0.15, -0.1) is 0 Å². The van der Waals surface area contributed by atoms with Gasteiger partial charge < -0.3 is 80.8 Å². The van der Waals surface area contributed by atoms with Crippen molar-refractivity contribution >= 4 is 127 Å². The van der Waals surface area contributed by atoms with Gasteiger partial charge in [0.2, 0.25) is 65.0 Å². The average Bonchev–Trinajstić information content (AvgIpc) is 3.46. The van der Waals surface area contributed by atoms with E-state index in [2.05, 4.69) is 114 Å². The highest BCUT2D eigenvalue weighted by atomic mass is 32.1. The number of guanidine groups is 1. The molecule has 28 nitrogen and oxygen atoms in total. The number of nitrogens with two attached hydrogens (primary N) is 3. The third kappa shape index (κ3) is 30.6. The minimum absolute atomic E-state index is 0.0146. The van der Waals surface area contributed by atoms with Crippen molar-refractivity contribution in [1.82, 2.24) is 58.5 Å². The summed E-state index contributed by atoms with van der Waals surface area (Å²) in [5.41, 5.74) is 16.7. The zero-order valence-electron chi connectivity index (χ0n) is 49.2. The summed E-state index contributed by atoms with van der Waals surface area (Å²) in [6.07, 6.45) is 1.02. The molecule has 0 unspecified atom stereocenters. The molecule has 0 aromatic heterocycles. The van der Waals surface area contributed by atoms with Crippen molar-refractivity contribution < 1.29 is 62.6 Å². The molecule has 83 heavy (non-hydrogen) atoms. The van der Waals surface area contributed by atoms with Crippen LogP contribution in [0.3, 0.4) is 0 Å². The minimum atomic E-state index is -1.36. The molecule has 0 aromatic rings. The van der Waals surface area contributed by atoms with Gasteiger partial charge in [0.05, 0.1) is 19.1 Å². The zero-order chi connectivity index (χ0) is 63.8. The van der Waals surface area contributed by atoms with E-state index < -0.39 is 150 Å². The van der Waals surface area contributed by atoms with Gasteiger partial charge in [-0.25, -0.2) is 4.79 Å². The van der Waals surface area contributed by atoms with Crippen molar-refractivity contribution in [3.8, 4) is 0 Å². The lowest BCUT2D eigenvalue weighted by Crippen LogP contribution is -2.60. The number of thiol groups is 4. The van der Waals surface area contributed by atoms with Gasteiger partial charge in [0.1, 0.15) is 54.4 Å². The molecular formula is C51H93N15O13S4. The Labute approximate surface area is 508 Å². The van der Waals surface area contributed by atoms with Crippen molar-refractivity contribution in [3.63, 3.8) is 0 Å². The van der Waals surface area contributed by atoms with Gasteiger partial charge in [0.15, 0.2) is 5.96 Å². The number of carboxylic acid groups (broad SMARTS) is 1. The van der Waals surface area contributed by atoms with E-state index in [9.17, 15) is 62.6 Å². The first-order chi connectivity index (χ1) is 38.8. The smallest absolute Gasteiger partial charge is 0.326 e. The second kappa shape index (κ2) is 40.5. The Morgan fingerprint density at radius 2 is 0.831 bits per heavy atom. The third-order valence-electron chi connectivity index (χ3n) is 12.5. The molecule has 0 aliphatic rings. The number of carboxylic acids is 1. The first-order valence-corrected chi connectivity index (χ1v) is 30.0. The minimum Gasteiger partial charge on any atom is -0.480 e. The van der Waals surface area contributed by atoms with Gasteiger partial charge in [-0.05, 0) is 61.7 Å². The topological polar surface area (TPSA) is 448 Å². The Morgan fingerprint density at radius 3 is 1.24 bits per heavy atom. The summed E-state index contributed by atoms with van der Waals surface area (Å²) < 4.78 is 0. The number of rotatable bonds is 40. The van der Waals surface area contributed by atoms with Gasteiger partial charge in [0.25, 0.3) is 0 Å². The van der Waals surface area contributed by atoms with Crippen LogP contribution in [0.2, 0.25) is 0 Å². The Balaban J connectivity index is 5.92. The molecule has 0 fully saturated rings. The standard InChI is InChI=1S/C51H93N15O13S4/c1-11-28(10)40(66-41(69)29(52)20-80)49(77)64-36(23-83)46(74)59-30(13-12-14-55-51(53)54)42(70)56-19-38(68)65-39(27(8)9)48(76)57-18-37(67)58-34(21-81)45(73)63-35(22-82)47(75)61-31(15-24(2)3)43(71)60-32(16-25(4)5)44(72)62-33(50(78)79)17-26(6)7/h24-36,39-40,80-83H,11-23,52H2,1-10H3,(H,56,70)(H,57,76)(H,58,67)(H,59,74)(H,60,71)(H,61,75)(H,62,72)(H,63,73)(H,64,77)(H,65,68)(H,66,69)(H,78,79)(H4,53,54,55)/t28-,29-,30-,31-,32-,33-,34-,35-,36-,39-,40-/m0/s1. The SMILES string of the molecule is CC[C@H](C)[C@H](NC(=O)[C@@H](N)CS)C(=O)N[C@@H](CS)C(=O)N[C@@H](CCCN=C(N)N)C(=O)NCC(=O)N[C@H](C(=O)NCC(=O)N[C@@H](CS)C(=O)N[C@@H](CS)C(=O)N[C@@H](CC(C)C)C(=O)N[C@@H](CC(C)C)C(=O)N[C@@H](CC(C)C)C(=O)O)C(C)C. The van der Waals surface area contributed by atoms with Crippen LogP contribution in [0.1, 0.15) is 108 Å². The summed E-state index contributed by atoms with van der Waals surface area (Å²) in [5.74, 6) is -12.1. The molecule has 11 amide bonds. The van der Waals surface area contributed by atoms with Crippen molar-refractivity contribution in [1.29, 1.82) is 0 Å². The first-order valence-electron chi connectivity index (χ1n) is 27.5. The second-order valence-electron chi connectivity index (χ2n) is 21.6. The van der Waals surface area contributed by atoms with Gasteiger partial charge >= 0.3 is 5.97 Å². The van der Waals surface area contributed by atoms with E-state index in [0.29, 0.717) is 6.42 Å². The molecule has 0 saturated carbocycles. The molecule has 0 radical (unpaired) electrons. The Bertz CT molecular complexity index is 2210. The predicted molar refractivity (Wildman–Crippen MR) is 327 cm³/mol. The lowest BCUT2D eigenvalue weighted by molar-refractivity contribution is -0.143. The lowest BCUT2D eigenvalue weighted by Gasteiger charge is -2.28. The molecule has 0 rings (SSSR count). The summed E-state index contributed by atoms with van der Waals surface area (Å²) in [7, 11) is 0. The highest BCUT2D eigenvalue weighted by molar-refractivity contribution is 7.80. The number of hydrogen-bond acceptors (Lipinski definition) is 18. The third-order valence-corrected chi connectivity index (χ3v) is 14.0. The van der Waals surface area contributed by atoms with Gasteiger partial charge in [0, 0.05) is 29.6 Å². The summed E-state index contributed by atoms with van der Waals surface area (Å²) in [6, 6.07) is -12.2. The normalized spacial score (nSPS) is 15.2. The molecule has 18 N–H and O–H groups in total. The largest absolute Gasteiger partial charge is 0.480 e. The van der Waals surface area contributed by atoms with Gasteiger partial charge in [-0.2, -0.15) is 50.5 Å². The molecule has 474 valence electrons. The average molecular weight is 1250 g/mol. The van der Waals surface area contributed by atoms with Crippen molar-refractivity contribution in [3.05, 3.63) is 0 Å². The Kier molecular flexibility index (Phi) is 37.7. The summed E-state index contributed by atoms with van der Waals surface area (Å²) in [4.78, 5) is 163.